The minimum atomic E-state index is 0.249. The van der Waals surface area contributed by atoms with Crippen LogP contribution in [0.1, 0.15) is 50.7 Å². The van der Waals surface area contributed by atoms with Crippen molar-refractivity contribution >= 4 is 143 Å². The fraction of sp³-hybridized carbons (Fsp3) is 0.0882. The fourth-order valence-electron chi connectivity index (χ4n) is 11.7. The molecule has 0 radical (unpaired) electrons. The van der Waals surface area contributed by atoms with Gasteiger partial charge in [0, 0.05) is 71.9 Å². The van der Waals surface area contributed by atoms with E-state index in [0.717, 1.165) is 143 Å². The van der Waals surface area contributed by atoms with E-state index in [4.69, 9.17) is 17.7 Å². The average molecular weight is 957 g/mol. The van der Waals surface area contributed by atoms with Crippen molar-refractivity contribution in [3.63, 3.8) is 0 Å². The molecule has 0 amide bonds. The van der Waals surface area contributed by atoms with Crippen LogP contribution in [0, 0.1) is 0 Å². The van der Waals surface area contributed by atoms with E-state index >= 15 is 0 Å². The Morgan fingerprint density at radius 3 is 1.12 bits per heavy atom. The van der Waals surface area contributed by atoms with Gasteiger partial charge in [0.05, 0.1) is 11.4 Å². The van der Waals surface area contributed by atoms with Crippen LogP contribution in [-0.4, -0.2) is 0 Å². The molecule has 0 saturated heterocycles. The topological polar surface area (TPSA) is 59.0 Å². The minimum absolute atomic E-state index is 0.249. The first-order valence-corrected chi connectivity index (χ1v) is 25.6. The Morgan fingerprint density at radius 1 is 0.270 bits per heavy atom. The van der Waals surface area contributed by atoms with Gasteiger partial charge >= 0.3 is 0 Å². The molecule has 0 atom stereocenters. The van der Waals surface area contributed by atoms with Crippen molar-refractivity contribution in [2.45, 2.75) is 39.5 Å². The highest BCUT2D eigenvalue weighted by Gasteiger charge is 2.27. The molecule has 0 aliphatic heterocycles. The van der Waals surface area contributed by atoms with E-state index in [0.29, 0.717) is 0 Å². The molecule has 0 bridgehead atoms. The molecule has 74 heavy (non-hydrogen) atoms. The van der Waals surface area contributed by atoms with E-state index in [2.05, 4.69) is 232 Å². The van der Waals surface area contributed by atoms with Crippen molar-refractivity contribution < 1.29 is 17.7 Å². The third-order valence-corrected chi connectivity index (χ3v) is 15.3. The van der Waals surface area contributed by atoms with Crippen molar-refractivity contribution in [3.05, 3.63) is 217 Å². The number of furan rings is 4. The molecule has 4 heterocycles. The van der Waals surface area contributed by atoms with Gasteiger partial charge in [-0.25, -0.2) is 0 Å². The SMILES string of the molecule is CC(C)c1ccc2c(oc3ccccc32)c1N(c1ccccc1)c1ccc2cc3c(cc2c1)oc1cc2oc4cc5cc(N(c6ccccc6)c6c(C(C)C)ccc7c6oc6ccccc67)ccc5cc4c2cc13. The first kappa shape index (κ1) is 42.4. The van der Waals surface area contributed by atoms with Crippen LogP contribution < -0.4 is 9.80 Å². The summed E-state index contributed by atoms with van der Waals surface area (Å²) in [5.41, 5.74) is 15.5. The van der Waals surface area contributed by atoms with E-state index in [9.17, 15) is 0 Å². The van der Waals surface area contributed by atoms with Gasteiger partial charge in [-0.15, -0.1) is 0 Å². The Morgan fingerprint density at radius 2 is 0.676 bits per heavy atom. The second kappa shape index (κ2) is 16.1. The van der Waals surface area contributed by atoms with Crippen LogP contribution in [0.2, 0.25) is 0 Å². The second-order valence-electron chi connectivity index (χ2n) is 20.4. The van der Waals surface area contributed by atoms with Gasteiger partial charge in [-0.05, 0) is 136 Å². The van der Waals surface area contributed by atoms with Crippen LogP contribution in [-0.2, 0) is 0 Å². The van der Waals surface area contributed by atoms with Gasteiger partial charge in [-0.1, -0.05) is 137 Å². The van der Waals surface area contributed by atoms with Gasteiger partial charge in [0.15, 0.2) is 11.2 Å². The second-order valence-corrected chi connectivity index (χ2v) is 20.4. The molecule has 0 fully saturated rings. The quantitative estimate of drug-likeness (QED) is 0.151. The highest BCUT2D eigenvalue weighted by molar-refractivity contribution is 6.19. The van der Waals surface area contributed by atoms with Crippen LogP contribution >= 0.6 is 0 Å². The smallest absolute Gasteiger partial charge is 0.159 e. The summed E-state index contributed by atoms with van der Waals surface area (Å²) in [6, 6.07) is 73.5. The van der Waals surface area contributed by atoms with Gasteiger partial charge in [0.1, 0.15) is 33.5 Å². The van der Waals surface area contributed by atoms with E-state index in [1.54, 1.807) is 0 Å². The van der Waals surface area contributed by atoms with Gasteiger partial charge in [-0.2, -0.15) is 0 Å². The third-order valence-electron chi connectivity index (χ3n) is 15.3. The average Bonchev–Trinajstić information content (AvgIpc) is 4.19. The standard InChI is InChI=1S/C68H48N2O4/c1-39(2)49-27-29-53-51-19-11-13-21-59(51)73-67(53)65(49)69(45-15-7-5-8-16-45)47-25-23-41-33-55-57-37-58-56-34-42-24-26-48(32-44(42)36-62(56)72-64(58)38-63(57)71-61(55)35-43(41)31-47)70(46-17-9-6-10-18-46)66-50(40(3)4)28-30-54-52-20-12-14-22-60(52)74-68(54)66/h5-40H,1-4H3. The van der Waals surface area contributed by atoms with Gasteiger partial charge in [-0.3, -0.25) is 0 Å². The third kappa shape index (κ3) is 6.44. The highest BCUT2D eigenvalue weighted by Crippen LogP contribution is 2.49. The van der Waals surface area contributed by atoms with Crippen molar-refractivity contribution in [1.82, 2.24) is 0 Å². The first-order valence-electron chi connectivity index (χ1n) is 25.6. The molecule has 0 N–H and O–H groups in total. The van der Waals surface area contributed by atoms with E-state index in [1.807, 2.05) is 12.1 Å². The van der Waals surface area contributed by atoms with Crippen LogP contribution in [0.5, 0.6) is 0 Å². The molecule has 15 aromatic rings. The summed E-state index contributed by atoms with van der Waals surface area (Å²) < 4.78 is 27.0. The molecule has 6 heteroatoms. The van der Waals surface area contributed by atoms with Crippen LogP contribution in [0.3, 0.4) is 0 Å². The molecule has 6 nitrogen and oxygen atoms in total. The van der Waals surface area contributed by atoms with Gasteiger partial charge in [0.25, 0.3) is 0 Å². The highest BCUT2D eigenvalue weighted by atomic mass is 16.3. The summed E-state index contributed by atoms with van der Waals surface area (Å²) in [7, 11) is 0. The van der Waals surface area contributed by atoms with Crippen LogP contribution in [0.25, 0.3) is 109 Å². The zero-order valence-corrected chi connectivity index (χ0v) is 41.3. The summed E-state index contributed by atoms with van der Waals surface area (Å²) >= 11 is 0. The lowest BCUT2D eigenvalue weighted by molar-refractivity contribution is 0.656. The lowest BCUT2D eigenvalue weighted by Crippen LogP contribution is -2.13. The molecule has 354 valence electrons. The lowest BCUT2D eigenvalue weighted by atomic mass is 9.96. The van der Waals surface area contributed by atoms with E-state index in [1.165, 1.54) is 11.1 Å². The number of para-hydroxylation sites is 4. The predicted octanol–water partition coefficient (Wildman–Crippen LogP) is 20.8. The maximum absolute atomic E-state index is 6.76. The number of benzene rings is 11. The number of hydrogen-bond donors (Lipinski definition) is 0. The molecular weight excluding hydrogens is 909 g/mol. The molecule has 15 rings (SSSR count). The van der Waals surface area contributed by atoms with E-state index in [-0.39, 0.29) is 11.8 Å². The summed E-state index contributed by atoms with van der Waals surface area (Å²) in [5.74, 6) is 0.498. The summed E-state index contributed by atoms with van der Waals surface area (Å²) in [6.45, 7) is 9.00. The maximum atomic E-state index is 6.76. The molecule has 0 saturated carbocycles. The Bertz CT molecular complexity index is 4450. The number of rotatable bonds is 8. The lowest BCUT2D eigenvalue weighted by Gasteiger charge is -2.29. The number of hydrogen-bond acceptors (Lipinski definition) is 6. The van der Waals surface area contributed by atoms with Crippen LogP contribution in [0.4, 0.5) is 34.1 Å². The van der Waals surface area contributed by atoms with Crippen molar-refractivity contribution in [2.24, 2.45) is 0 Å². The van der Waals surface area contributed by atoms with Crippen molar-refractivity contribution in [3.8, 4) is 0 Å². The monoisotopic (exact) mass is 956 g/mol. The molecule has 0 unspecified atom stereocenters. The predicted molar refractivity (Wildman–Crippen MR) is 308 cm³/mol. The Labute approximate surface area is 425 Å². The fourth-order valence-corrected chi connectivity index (χ4v) is 11.7. The van der Waals surface area contributed by atoms with Crippen molar-refractivity contribution in [1.29, 1.82) is 0 Å². The summed E-state index contributed by atoms with van der Waals surface area (Å²) in [5, 5.41) is 13.1. The maximum Gasteiger partial charge on any atom is 0.159 e. The van der Waals surface area contributed by atoms with Gasteiger partial charge in [0.2, 0.25) is 0 Å². The Hall–Kier alpha value is -9.26. The largest absolute Gasteiger partial charge is 0.456 e. The Kier molecular flexibility index (Phi) is 9.24. The number of fused-ring (bicyclic) bond motifs is 14. The van der Waals surface area contributed by atoms with Crippen LogP contribution in [0.15, 0.2) is 224 Å². The number of nitrogens with zero attached hydrogens (tertiary/aromatic N) is 2. The molecule has 0 aliphatic carbocycles. The van der Waals surface area contributed by atoms with Gasteiger partial charge < -0.3 is 27.5 Å². The summed E-state index contributed by atoms with van der Waals surface area (Å²) in [4.78, 5) is 4.72. The Balaban J connectivity index is 0.850. The molecule has 0 spiro atoms. The normalized spacial score (nSPS) is 12.3. The molecular formula is C68H48N2O4. The summed E-state index contributed by atoms with van der Waals surface area (Å²) in [6.07, 6.45) is 0. The number of anilines is 6. The zero-order valence-electron chi connectivity index (χ0n) is 41.3. The molecule has 0 aliphatic rings. The minimum Gasteiger partial charge on any atom is -0.456 e. The molecule has 4 aromatic heterocycles. The van der Waals surface area contributed by atoms with Crippen molar-refractivity contribution in [2.75, 3.05) is 9.80 Å². The molecule has 11 aromatic carbocycles. The zero-order chi connectivity index (χ0) is 49.3. The van der Waals surface area contributed by atoms with E-state index < -0.39 is 0 Å². The first-order chi connectivity index (χ1) is 36.3.